The van der Waals surface area contributed by atoms with Crippen molar-refractivity contribution in [1.29, 1.82) is 5.26 Å². The van der Waals surface area contributed by atoms with Crippen LogP contribution in [0.2, 0.25) is 5.02 Å². The summed E-state index contributed by atoms with van der Waals surface area (Å²) in [5.41, 5.74) is 0.0411. The fraction of sp³-hybridized carbons (Fsp3) is 0. The first-order chi connectivity index (χ1) is 13.3. The Balaban J connectivity index is 2.04. The first kappa shape index (κ1) is 19.5. The van der Waals surface area contributed by atoms with Gasteiger partial charge in [0.2, 0.25) is 0 Å². The van der Waals surface area contributed by atoms with Crippen LogP contribution in [0.4, 0.5) is 10.1 Å². The SMILES string of the molecule is N#Cc1cc(S(=O)(=O)Nc2cc(Cl)ccc2C(=O)c2ccccc2)ccc1F. The first-order valence-electron chi connectivity index (χ1n) is 7.93. The summed E-state index contributed by atoms with van der Waals surface area (Å²) < 4.78 is 41.2. The zero-order chi connectivity index (χ0) is 20.3. The van der Waals surface area contributed by atoms with Crippen molar-refractivity contribution >= 4 is 33.1 Å². The third kappa shape index (κ3) is 4.03. The summed E-state index contributed by atoms with van der Waals surface area (Å²) in [7, 11) is -4.20. The molecule has 0 atom stereocenters. The van der Waals surface area contributed by atoms with Crippen molar-refractivity contribution in [3.05, 3.63) is 94.3 Å². The van der Waals surface area contributed by atoms with Gasteiger partial charge in [0.25, 0.3) is 10.0 Å². The van der Waals surface area contributed by atoms with E-state index < -0.39 is 27.2 Å². The van der Waals surface area contributed by atoms with E-state index in [0.717, 1.165) is 18.2 Å². The average Bonchev–Trinajstić information content (AvgIpc) is 2.68. The molecule has 0 radical (unpaired) electrons. The number of rotatable bonds is 5. The molecule has 0 aliphatic carbocycles. The number of nitriles is 1. The second kappa shape index (κ2) is 7.80. The summed E-state index contributed by atoms with van der Waals surface area (Å²) in [6.07, 6.45) is 0. The number of nitrogens with zero attached hydrogens (tertiary/aromatic N) is 1. The summed E-state index contributed by atoms with van der Waals surface area (Å²) in [6, 6.07) is 17.0. The van der Waals surface area contributed by atoms with Gasteiger partial charge in [-0.1, -0.05) is 41.9 Å². The van der Waals surface area contributed by atoms with Gasteiger partial charge in [-0.15, -0.1) is 0 Å². The van der Waals surface area contributed by atoms with Gasteiger partial charge in [-0.25, -0.2) is 12.8 Å². The second-order valence-corrected chi connectivity index (χ2v) is 7.86. The van der Waals surface area contributed by atoms with Gasteiger partial charge in [0.05, 0.1) is 16.1 Å². The molecule has 0 spiro atoms. The van der Waals surface area contributed by atoms with E-state index in [1.165, 1.54) is 18.2 Å². The summed E-state index contributed by atoms with van der Waals surface area (Å²) >= 11 is 5.97. The van der Waals surface area contributed by atoms with Crippen molar-refractivity contribution in [3.8, 4) is 6.07 Å². The number of carbonyl (C=O) groups is 1. The lowest BCUT2D eigenvalue weighted by Crippen LogP contribution is -2.16. The van der Waals surface area contributed by atoms with Crippen molar-refractivity contribution in [2.45, 2.75) is 4.90 Å². The molecule has 0 unspecified atom stereocenters. The molecule has 1 N–H and O–H groups in total. The number of benzene rings is 3. The molecule has 0 aliphatic heterocycles. The van der Waals surface area contributed by atoms with Crippen LogP contribution in [0.5, 0.6) is 0 Å². The molecule has 0 aliphatic rings. The third-order valence-corrected chi connectivity index (χ3v) is 5.47. The standard InChI is InChI=1S/C20H12ClFN2O3S/c21-15-6-8-17(20(25)13-4-2-1-3-5-13)19(11-15)24-28(26,27)16-7-9-18(22)14(10-16)12-23/h1-11,24H. The van der Waals surface area contributed by atoms with Crippen LogP contribution >= 0.6 is 11.6 Å². The van der Waals surface area contributed by atoms with E-state index in [2.05, 4.69) is 4.72 Å². The number of carbonyl (C=O) groups excluding carboxylic acids is 1. The van der Waals surface area contributed by atoms with Gasteiger partial charge in [0, 0.05) is 16.1 Å². The molecule has 3 rings (SSSR count). The summed E-state index contributed by atoms with van der Waals surface area (Å²) in [6.45, 7) is 0. The Labute approximate surface area is 166 Å². The Morgan fingerprint density at radius 2 is 1.75 bits per heavy atom. The number of halogens is 2. The smallest absolute Gasteiger partial charge is 0.261 e. The highest BCUT2D eigenvalue weighted by atomic mass is 35.5. The summed E-state index contributed by atoms with van der Waals surface area (Å²) in [4.78, 5) is 12.5. The Morgan fingerprint density at radius 3 is 2.43 bits per heavy atom. The van der Waals surface area contributed by atoms with Gasteiger partial charge >= 0.3 is 0 Å². The van der Waals surface area contributed by atoms with Crippen molar-refractivity contribution in [1.82, 2.24) is 0 Å². The van der Waals surface area contributed by atoms with Crippen molar-refractivity contribution in [2.24, 2.45) is 0 Å². The van der Waals surface area contributed by atoms with Crippen LogP contribution in [0, 0.1) is 17.1 Å². The maximum Gasteiger partial charge on any atom is 0.261 e. The van der Waals surface area contributed by atoms with Gasteiger partial charge in [0.1, 0.15) is 11.9 Å². The molecule has 8 heteroatoms. The van der Waals surface area contributed by atoms with E-state index in [9.17, 15) is 17.6 Å². The maximum absolute atomic E-state index is 13.5. The van der Waals surface area contributed by atoms with E-state index in [1.807, 2.05) is 0 Å². The molecule has 3 aromatic carbocycles. The third-order valence-electron chi connectivity index (χ3n) is 3.88. The molecule has 140 valence electrons. The molecule has 0 saturated carbocycles. The normalized spacial score (nSPS) is 10.9. The molecule has 28 heavy (non-hydrogen) atoms. The van der Waals surface area contributed by atoms with Crippen LogP contribution in [0.1, 0.15) is 21.5 Å². The number of hydrogen-bond donors (Lipinski definition) is 1. The van der Waals surface area contributed by atoms with Crippen LogP contribution < -0.4 is 4.72 Å². The van der Waals surface area contributed by atoms with E-state index >= 15 is 0 Å². The van der Waals surface area contributed by atoms with Gasteiger partial charge in [0.15, 0.2) is 5.78 Å². The fourth-order valence-electron chi connectivity index (χ4n) is 2.50. The highest BCUT2D eigenvalue weighted by molar-refractivity contribution is 7.92. The Hall–Kier alpha value is -3.21. The summed E-state index contributed by atoms with van der Waals surface area (Å²) in [5.74, 6) is -1.23. The predicted octanol–water partition coefficient (Wildman–Crippen LogP) is 4.38. The van der Waals surface area contributed by atoms with E-state index in [-0.39, 0.29) is 21.2 Å². The van der Waals surface area contributed by atoms with Gasteiger partial charge in [-0.3, -0.25) is 9.52 Å². The van der Waals surface area contributed by atoms with Crippen molar-refractivity contribution < 1.29 is 17.6 Å². The minimum atomic E-state index is -4.20. The molecular weight excluding hydrogens is 403 g/mol. The Kier molecular flexibility index (Phi) is 5.45. The van der Waals surface area contributed by atoms with Gasteiger partial charge in [-0.05, 0) is 36.4 Å². The molecule has 0 saturated heterocycles. The highest BCUT2D eigenvalue weighted by Gasteiger charge is 2.21. The number of sulfonamides is 1. The largest absolute Gasteiger partial charge is 0.289 e. The minimum absolute atomic E-state index is 0.0239. The molecule has 3 aromatic rings. The van der Waals surface area contributed by atoms with E-state index in [4.69, 9.17) is 16.9 Å². The fourth-order valence-corrected chi connectivity index (χ4v) is 3.77. The number of nitrogens with one attached hydrogen (secondary N) is 1. The van der Waals surface area contributed by atoms with Crippen molar-refractivity contribution in [2.75, 3.05) is 4.72 Å². The number of hydrogen-bond acceptors (Lipinski definition) is 4. The van der Waals surface area contributed by atoms with Crippen LogP contribution in [0.15, 0.2) is 71.6 Å². The molecule has 0 bridgehead atoms. The zero-order valence-corrected chi connectivity index (χ0v) is 15.8. The molecular formula is C20H12ClFN2O3S. The minimum Gasteiger partial charge on any atom is -0.289 e. The second-order valence-electron chi connectivity index (χ2n) is 5.74. The van der Waals surface area contributed by atoms with Crippen LogP contribution in [0.25, 0.3) is 0 Å². The lowest BCUT2D eigenvalue weighted by atomic mass is 10.0. The number of anilines is 1. The van der Waals surface area contributed by atoms with E-state index in [0.29, 0.717) is 5.56 Å². The first-order valence-corrected chi connectivity index (χ1v) is 9.80. The molecule has 0 aromatic heterocycles. The van der Waals surface area contributed by atoms with Crippen LogP contribution in [0.3, 0.4) is 0 Å². The topological polar surface area (TPSA) is 87.0 Å². The quantitative estimate of drug-likeness (QED) is 0.627. The van der Waals surface area contributed by atoms with Crippen molar-refractivity contribution in [3.63, 3.8) is 0 Å². The van der Waals surface area contributed by atoms with Gasteiger partial charge < -0.3 is 0 Å². The number of ketones is 1. The maximum atomic E-state index is 13.5. The lowest BCUT2D eigenvalue weighted by Gasteiger charge is -2.13. The molecule has 0 fully saturated rings. The molecule has 5 nitrogen and oxygen atoms in total. The van der Waals surface area contributed by atoms with Crippen LogP contribution in [-0.4, -0.2) is 14.2 Å². The zero-order valence-electron chi connectivity index (χ0n) is 14.2. The predicted molar refractivity (Wildman–Crippen MR) is 103 cm³/mol. The molecule has 0 heterocycles. The molecule has 0 amide bonds. The van der Waals surface area contributed by atoms with E-state index in [1.54, 1.807) is 36.4 Å². The average molecular weight is 415 g/mol. The van der Waals surface area contributed by atoms with Gasteiger partial charge in [-0.2, -0.15) is 5.26 Å². The Morgan fingerprint density at radius 1 is 1.04 bits per heavy atom. The Bertz CT molecular complexity index is 1210. The highest BCUT2D eigenvalue weighted by Crippen LogP contribution is 2.27. The summed E-state index contributed by atoms with van der Waals surface area (Å²) in [5, 5.41) is 9.13. The monoisotopic (exact) mass is 414 g/mol. The van der Waals surface area contributed by atoms with Crippen LogP contribution in [-0.2, 0) is 10.0 Å². The lowest BCUT2D eigenvalue weighted by molar-refractivity contribution is 0.103.